The Morgan fingerprint density at radius 3 is 2.71 bits per heavy atom. The molecule has 0 radical (unpaired) electrons. The largest absolute Gasteiger partial charge is 0.366 e. The fourth-order valence-electron chi connectivity index (χ4n) is 1.89. The zero-order valence-electron chi connectivity index (χ0n) is 10.1. The smallest absolute Gasteiger partial charge is 0.248 e. The van der Waals surface area contributed by atoms with E-state index in [1.807, 2.05) is 6.07 Å². The Morgan fingerprint density at radius 2 is 2.24 bits per heavy atom. The van der Waals surface area contributed by atoms with Crippen LogP contribution in [0.2, 0.25) is 5.02 Å². The Balaban J connectivity index is 2.00. The van der Waals surface area contributed by atoms with E-state index in [2.05, 4.69) is 19.2 Å². The Bertz CT molecular complexity index is 457. The van der Waals surface area contributed by atoms with Crippen LogP contribution < -0.4 is 11.1 Å². The first-order chi connectivity index (χ1) is 7.90. The Hall–Kier alpha value is -1.06. The summed E-state index contributed by atoms with van der Waals surface area (Å²) in [4.78, 5) is 11.0. The number of amides is 1. The van der Waals surface area contributed by atoms with Gasteiger partial charge in [-0.05, 0) is 29.5 Å². The molecule has 3 N–H and O–H groups in total. The van der Waals surface area contributed by atoms with Crippen molar-refractivity contribution in [3.63, 3.8) is 0 Å². The number of halogens is 1. The van der Waals surface area contributed by atoms with Crippen LogP contribution in [0.1, 0.15) is 36.2 Å². The van der Waals surface area contributed by atoms with Gasteiger partial charge in [0, 0.05) is 23.2 Å². The molecule has 0 spiro atoms. The van der Waals surface area contributed by atoms with Crippen LogP contribution in [0.3, 0.4) is 0 Å². The van der Waals surface area contributed by atoms with Crippen LogP contribution in [-0.4, -0.2) is 11.9 Å². The van der Waals surface area contributed by atoms with Crippen molar-refractivity contribution >= 4 is 17.5 Å². The van der Waals surface area contributed by atoms with E-state index in [4.69, 9.17) is 17.3 Å². The van der Waals surface area contributed by atoms with Crippen LogP contribution >= 0.6 is 11.6 Å². The van der Waals surface area contributed by atoms with Crippen LogP contribution in [-0.2, 0) is 6.54 Å². The highest BCUT2D eigenvalue weighted by atomic mass is 35.5. The molecule has 0 heterocycles. The standard InChI is InChI=1S/C13H17ClN2O/c1-13(2)6-11(13)16-7-9-4-3-8(12(15)17)5-10(9)14/h3-5,11,16H,6-7H2,1-2H3,(H2,15,17). The van der Waals surface area contributed by atoms with Gasteiger partial charge in [0.05, 0.1) is 0 Å². The van der Waals surface area contributed by atoms with Crippen molar-refractivity contribution in [2.24, 2.45) is 11.1 Å². The summed E-state index contributed by atoms with van der Waals surface area (Å²) >= 11 is 6.10. The number of carbonyl (C=O) groups excluding carboxylic acids is 1. The highest BCUT2D eigenvalue weighted by molar-refractivity contribution is 6.31. The van der Waals surface area contributed by atoms with E-state index in [1.54, 1.807) is 12.1 Å². The van der Waals surface area contributed by atoms with Gasteiger partial charge in [-0.15, -0.1) is 0 Å². The van der Waals surface area contributed by atoms with Crippen LogP contribution in [0.25, 0.3) is 0 Å². The number of benzene rings is 1. The number of nitrogens with one attached hydrogen (secondary N) is 1. The molecule has 92 valence electrons. The third kappa shape index (κ3) is 2.79. The van der Waals surface area contributed by atoms with Gasteiger partial charge in [-0.1, -0.05) is 31.5 Å². The molecular weight excluding hydrogens is 236 g/mol. The van der Waals surface area contributed by atoms with Crippen molar-refractivity contribution in [1.82, 2.24) is 5.32 Å². The molecule has 0 bridgehead atoms. The molecule has 1 atom stereocenters. The summed E-state index contributed by atoms with van der Waals surface area (Å²) < 4.78 is 0. The monoisotopic (exact) mass is 252 g/mol. The zero-order valence-corrected chi connectivity index (χ0v) is 10.8. The van der Waals surface area contributed by atoms with Gasteiger partial charge in [0.25, 0.3) is 0 Å². The Labute approximate surface area is 106 Å². The predicted molar refractivity (Wildman–Crippen MR) is 69.0 cm³/mol. The molecule has 1 amide bonds. The predicted octanol–water partition coefficient (Wildman–Crippen LogP) is 2.33. The van der Waals surface area contributed by atoms with Crippen molar-refractivity contribution in [3.8, 4) is 0 Å². The number of nitrogens with two attached hydrogens (primary N) is 1. The normalized spacial score (nSPS) is 21.2. The van der Waals surface area contributed by atoms with Crippen LogP contribution in [0, 0.1) is 5.41 Å². The first-order valence-corrected chi connectivity index (χ1v) is 6.09. The Morgan fingerprint density at radius 1 is 1.59 bits per heavy atom. The summed E-state index contributed by atoms with van der Waals surface area (Å²) in [5, 5.41) is 4.04. The summed E-state index contributed by atoms with van der Waals surface area (Å²) in [6, 6.07) is 5.75. The molecule has 1 fully saturated rings. The molecule has 1 aliphatic rings. The van der Waals surface area contributed by atoms with Gasteiger partial charge in [-0.2, -0.15) is 0 Å². The lowest BCUT2D eigenvalue weighted by atomic mass is 10.1. The SMILES string of the molecule is CC1(C)CC1NCc1ccc(C(N)=O)cc1Cl. The highest BCUT2D eigenvalue weighted by Crippen LogP contribution is 2.44. The van der Waals surface area contributed by atoms with Crippen LogP contribution in [0.15, 0.2) is 18.2 Å². The molecule has 1 unspecified atom stereocenters. The van der Waals surface area contributed by atoms with Crippen molar-refractivity contribution in [2.75, 3.05) is 0 Å². The van der Waals surface area contributed by atoms with Crippen molar-refractivity contribution in [2.45, 2.75) is 32.9 Å². The van der Waals surface area contributed by atoms with E-state index in [0.29, 0.717) is 22.0 Å². The topological polar surface area (TPSA) is 55.1 Å². The molecule has 0 aromatic heterocycles. The second-order valence-electron chi connectivity index (χ2n) is 5.30. The van der Waals surface area contributed by atoms with Crippen LogP contribution in [0.5, 0.6) is 0 Å². The van der Waals surface area contributed by atoms with E-state index >= 15 is 0 Å². The minimum Gasteiger partial charge on any atom is -0.366 e. The summed E-state index contributed by atoms with van der Waals surface area (Å²) in [6.07, 6.45) is 1.20. The molecule has 0 aliphatic heterocycles. The van der Waals surface area contributed by atoms with Gasteiger partial charge >= 0.3 is 0 Å². The zero-order chi connectivity index (χ0) is 12.6. The average Bonchev–Trinajstić information content (AvgIpc) is 2.84. The summed E-state index contributed by atoms with van der Waals surface area (Å²) in [5.41, 5.74) is 7.04. The minimum absolute atomic E-state index is 0.402. The molecular formula is C13H17ClN2O. The molecule has 2 rings (SSSR count). The molecule has 1 aromatic carbocycles. The first kappa shape index (κ1) is 12.4. The molecule has 0 saturated heterocycles. The second kappa shape index (κ2) is 4.31. The fourth-order valence-corrected chi connectivity index (χ4v) is 2.14. The van der Waals surface area contributed by atoms with Gasteiger partial charge in [-0.3, -0.25) is 4.79 Å². The molecule has 17 heavy (non-hydrogen) atoms. The van der Waals surface area contributed by atoms with Gasteiger partial charge < -0.3 is 11.1 Å². The van der Waals surface area contributed by atoms with Gasteiger partial charge in [0.15, 0.2) is 0 Å². The number of primary amides is 1. The fraction of sp³-hybridized carbons (Fsp3) is 0.462. The maximum absolute atomic E-state index is 11.0. The molecule has 1 aromatic rings. The second-order valence-corrected chi connectivity index (χ2v) is 5.70. The quantitative estimate of drug-likeness (QED) is 0.864. The lowest BCUT2D eigenvalue weighted by molar-refractivity contribution is 0.100. The number of carbonyl (C=O) groups is 1. The maximum atomic E-state index is 11.0. The summed E-state index contributed by atoms with van der Waals surface area (Å²) in [7, 11) is 0. The van der Waals surface area contributed by atoms with Crippen molar-refractivity contribution in [1.29, 1.82) is 0 Å². The molecule has 4 heteroatoms. The van der Waals surface area contributed by atoms with E-state index in [-0.39, 0.29) is 0 Å². The average molecular weight is 253 g/mol. The van der Waals surface area contributed by atoms with Crippen molar-refractivity contribution in [3.05, 3.63) is 34.3 Å². The maximum Gasteiger partial charge on any atom is 0.248 e. The highest BCUT2D eigenvalue weighted by Gasteiger charge is 2.44. The Kier molecular flexibility index (Phi) is 3.15. The first-order valence-electron chi connectivity index (χ1n) is 5.72. The third-order valence-electron chi connectivity index (χ3n) is 3.39. The molecule has 3 nitrogen and oxygen atoms in total. The number of hydrogen-bond donors (Lipinski definition) is 2. The van der Waals surface area contributed by atoms with E-state index < -0.39 is 5.91 Å². The lowest BCUT2D eigenvalue weighted by Gasteiger charge is -2.09. The lowest BCUT2D eigenvalue weighted by Crippen LogP contribution is -2.20. The number of hydrogen-bond acceptors (Lipinski definition) is 2. The molecule has 1 saturated carbocycles. The third-order valence-corrected chi connectivity index (χ3v) is 3.74. The summed E-state index contributed by atoms with van der Waals surface area (Å²) in [5.74, 6) is -0.449. The van der Waals surface area contributed by atoms with Crippen molar-refractivity contribution < 1.29 is 4.79 Å². The van der Waals surface area contributed by atoms with E-state index in [9.17, 15) is 4.79 Å². The number of rotatable bonds is 4. The molecule has 1 aliphatic carbocycles. The van der Waals surface area contributed by atoms with E-state index in [0.717, 1.165) is 12.1 Å². The summed E-state index contributed by atoms with van der Waals surface area (Å²) in [6.45, 7) is 5.21. The van der Waals surface area contributed by atoms with Gasteiger partial charge in [0.1, 0.15) is 0 Å². The minimum atomic E-state index is -0.449. The van der Waals surface area contributed by atoms with Gasteiger partial charge in [0.2, 0.25) is 5.91 Å². The van der Waals surface area contributed by atoms with Crippen LogP contribution in [0.4, 0.5) is 0 Å². The van der Waals surface area contributed by atoms with E-state index in [1.165, 1.54) is 6.42 Å². The van der Waals surface area contributed by atoms with Gasteiger partial charge in [-0.25, -0.2) is 0 Å².